The Hall–Kier alpha value is -7.04. The molecule has 3 aliphatic carbocycles. The molecule has 4 nitrogen and oxygen atoms in total. The van der Waals surface area contributed by atoms with Gasteiger partial charge in [0.25, 0.3) is 0 Å². The Morgan fingerprint density at radius 2 is 1.22 bits per heavy atom. The minimum absolute atomic E-state index is 0.228. The summed E-state index contributed by atoms with van der Waals surface area (Å²) in [7, 11) is 2.23. The molecule has 2 heterocycles. The molecule has 12 rings (SSSR count). The van der Waals surface area contributed by atoms with E-state index in [1.807, 2.05) is 0 Å². The number of anilines is 7. The van der Waals surface area contributed by atoms with Gasteiger partial charge in [-0.15, -0.1) is 0 Å². The van der Waals surface area contributed by atoms with Crippen molar-refractivity contribution in [1.29, 1.82) is 0 Å². The Morgan fingerprint density at radius 3 is 2.05 bits per heavy atom. The Morgan fingerprint density at radius 1 is 0.525 bits per heavy atom. The van der Waals surface area contributed by atoms with E-state index in [0.29, 0.717) is 0 Å². The fraction of sp³-hybridized carbons (Fsp3) is 0.127. The molecule has 1 atom stereocenters. The number of allylic oxidation sites excluding steroid dienone is 6. The maximum Gasteiger partial charge on any atom is 0.0565 e. The minimum Gasteiger partial charge on any atom is -0.354 e. The van der Waals surface area contributed by atoms with Gasteiger partial charge in [-0.1, -0.05) is 115 Å². The molecule has 7 aromatic rings. The highest BCUT2D eigenvalue weighted by atomic mass is 15.2. The monoisotopic (exact) mass is 760 g/mol. The summed E-state index contributed by atoms with van der Waals surface area (Å²) in [6.07, 6.45) is 24.1. The van der Waals surface area contributed by atoms with Crippen molar-refractivity contribution in [3.8, 4) is 22.3 Å². The summed E-state index contributed by atoms with van der Waals surface area (Å²) in [6, 6.07) is 47.8. The van der Waals surface area contributed by atoms with Crippen molar-refractivity contribution in [1.82, 2.24) is 0 Å². The largest absolute Gasteiger partial charge is 0.354 e. The lowest BCUT2D eigenvalue weighted by atomic mass is 9.84. The van der Waals surface area contributed by atoms with Crippen LogP contribution < -0.4 is 30.5 Å². The van der Waals surface area contributed by atoms with Crippen LogP contribution in [0.1, 0.15) is 32.1 Å². The molecule has 4 heteroatoms. The van der Waals surface area contributed by atoms with Crippen molar-refractivity contribution in [2.75, 3.05) is 27.1 Å². The van der Waals surface area contributed by atoms with E-state index in [1.54, 1.807) is 0 Å². The van der Waals surface area contributed by atoms with Gasteiger partial charge in [0.05, 0.1) is 11.7 Å². The third-order valence-corrected chi connectivity index (χ3v) is 13.0. The first kappa shape index (κ1) is 34.0. The van der Waals surface area contributed by atoms with Crippen molar-refractivity contribution in [3.63, 3.8) is 0 Å². The molecule has 0 spiro atoms. The number of fused-ring (bicyclic) bond motifs is 6. The zero-order valence-corrected chi connectivity index (χ0v) is 33.2. The average Bonchev–Trinajstić information content (AvgIpc) is 3.29. The zero-order chi connectivity index (χ0) is 39.0. The van der Waals surface area contributed by atoms with Crippen molar-refractivity contribution < 1.29 is 0 Å². The van der Waals surface area contributed by atoms with Gasteiger partial charge < -0.3 is 20.0 Å². The van der Waals surface area contributed by atoms with Gasteiger partial charge in [0.1, 0.15) is 0 Å². The second-order valence-corrected chi connectivity index (χ2v) is 16.4. The summed E-state index contributed by atoms with van der Waals surface area (Å²) in [4.78, 5) is 7.37. The van der Waals surface area contributed by atoms with Gasteiger partial charge in [-0.3, -0.25) is 0 Å². The SMILES string of the molecule is CN1c2cc(N(C3=CCCC=C3)c3ccc4ccccc4c3)ccc2-c2ccc3c4c(ccc1c24)Nc1cc(N(C2=CCCC=C2)C2C=c4ccccc4=CC2)ccc1-3. The highest BCUT2D eigenvalue weighted by Gasteiger charge is 2.30. The molecule has 0 amide bonds. The first-order valence-electron chi connectivity index (χ1n) is 21.1. The lowest BCUT2D eigenvalue weighted by Gasteiger charge is -2.36. The highest BCUT2D eigenvalue weighted by Crippen LogP contribution is 2.55. The van der Waals surface area contributed by atoms with E-state index < -0.39 is 0 Å². The molecule has 2 aliphatic heterocycles. The van der Waals surface area contributed by atoms with Crippen LogP contribution in [0.3, 0.4) is 0 Å². The number of hydrogen-bond donors (Lipinski definition) is 1. The Labute approximate surface area is 345 Å². The number of benzene rings is 7. The third-order valence-electron chi connectivity index (χ3n) is 13.0. The van der Waals surface area contributed by atoms with Gasteiger partial charge in [0.15, 0.2) is 0 Å². The second-order valence-electron chi connectivity index (χ2n) is 16.4. The maximum absolute atomic E-state index is 3.93. The van der Waals surface area contributed by atoms with E-state index in [1.165, 1.54) is 88.4 Å². The van der Waals surface area contributed by atoms with Crippen LogP contribution in [0.2, 0.25) is 0 Å². The zero-order valence-electron chi connectivity index (χ0n) is 33.2. The lowest BCUT2D eigenvalue weighted by Crippen LogP contribution is -2.39. The molecule has 0 aromatic heterocycles. The van der Waals surface area contributed by atoms with Crippen LogP contribution >= 0.6 is 0 Å². The fourth-order valence-electron chi connectivity index (χ4n) is 10.2. The van der Waals surface area contributed by atoms with Crippen LogP contribution in [-0.2, 0) is 0 Å². The molecule has 284 valence electrons. The van der Waals surface area contributed by atoms with Gasteiger partial charge in [-0.05, 0) is 125 Å². The molecule has 5 aliphatic rings. The van der Waals surface area contributed by atoms with E-state index in [2.05, 4.69) is 203 Å². The molecular formula is C55H44N4. The predicted octanol–water partition coefficient (Wildman–Crippen LogP) is 12.9. The summed E-state index contributed by atoms with van der Waals surface area (Å²) >= 11 is 0. The summed E-state index contributed by atoms with van der Waals surface area (Å²) < 4.78 is 0. The first-order chi connectivity index (χ1) is 29.2. The van der Waals surface area contributed by atoms with Crippen molar-refractivity contribution in [2.24, 2.45) is 0 Å². The molecule has 1 N–H and O–H groups in total. The smallest absolute Gasteiger partial charge is 0.0565 e. The van der Waals surface area contributed by atoms with Crippen molar-refractivity contribution >= 4 is 73.5 Å². The van der Waals surface area contributed by atoms with E-state index in [-0.39, 0.29) is 6.04 Å². The molecular weight excluding hydrogens is 717 g/mol. The molecule has 59 heavy (non-hydrogen) atoms. The van der Waals surface area contributed by atoms with E-state index in [0.717, 1.165) is 49.2 Å². The van der Waals surface area contributed by atoms with E-state index >= 15 is 0 Å². The number of hydrogen-bond acceptors (Lipinski definition) is 4. The maximum atomic E-state index is 3.93. The standard InChI is InChI=1S/C55H44N4/c1-57-52-31-30-50-54-48(46-26-24-44(34-51(46)56-50)58(40-16-4-2-5-17-40)42-22-20-36-12-8-10-14-38(36)32-42)28-29-49(55(52)54)47-27-25-45(35-53(47)57)59(41-18-6-3-7-19-41)43-23-21-37-13-9-11-15-39(37)33-43/h4,6,8-21,23-35,42,56H,2-3,5,7,22H2,1H3. The minimum atomic E-state index is 0.228. The quantitative estimate of drug-likeness (QED) is 0.182. The van der Waals surface area contributed by atoms with E-state index in [4.69, 9.17) is 0 Å². The first-order valence-corrected chi connectivity index (χ1v) is 21.1. The normalized spacial score (nSPS) is 16.8. The average molecular weight is 761 g/mol. The topological polar surface area (TPSA) is 21.8 Å². The number of nitrogens with zero attached hydrogens (tertiary/aromatic N) is 3. The van der Waals surface area contributed by atoms with Crippen LogP contribution in [0.5, 0.6) is 0 Å². The molecule has 7 aromatic carbocycles. The summed E-state index contributed by atoms with van der Waals surface area (Å²) in [6.45, 7) is 0. The van der Waals surface area contributed by atoms with Gasteiger partial charge >= 0.3 is 0 Å². The molecule has 0 bridgehead atoms. The van der Waals surface area contributed by atoms with E-state index in [9.17, 15) is 0 Å². The lowest BCUT2D eigenvalue weighted by molar-refractivity contribution is 0.799. The van der Waals surface area contributed by atoms with Crippen LogP contribution in [0.4, 0.5) is 39.8 Å². The molecule has 0 radical (unpaired) electrons. The van der Waals surface area contributed by atoms with Crippen molar-refractivity contribution in [2.45, 2.75) is 38.1 Å². The molecule has 0 saturated heterocycles. The number of rotatable bonds is 6. The molecule has 0 fully saturated rings. The van der Waals surface area contributed by atoms with Gasteiger partial charge in [0, 0.05) is 74.5 Å². The summed E-state index contributed by atoms with van der Waals surface area (Å²) in [5.41, 5.74) is 15.8. The van der Waals surface area contributed by atoms with Crippen LogP contribution in [-0.4, -0.2) is 13.1 Å². The van der Waals surface area contributed by atoms with Gasteiger partial charge in [-0.25, -0.2) is 0 Å². The van der Waals surface area contributed by atoms with Gasteiger partial charge in [0.2, 0.25) is 0 Å². The Bertz CT molecular complexity index is 3160. The van der Waals surface area contributed by atoms with Crippen LogP contribution in [0.25, 0.3) is 56.0 Å². The molecule has 1 unspecified atom stereocenters. The third kappa shape index (κ3) is 5.51. The Balaban J connectivity index is 0.949. The van der Waals surface area contributed by atoms with Crippen LogP contribution in [0, 0.1) is 0 Å². The number of nitrogens with one attached hydrogen (secondary N) is 1. The molecule has 0 saturated carbocycles. The summed E-state index contributed by atoms with van der Waals surface area (Å²) in [5, 5.41) is 11.7. The second kappa shape index (κ2) is 13.5. The summed E-state index contributed by atoms with van der Waals surface area (Å²) in [5.74, 6) is 0. The van der Waals surface area contributed by atoms with Crippen LogP contribution in [0.15, 0.2) is 175 Å². The predicted molar refractivity (Wildman–Crippen MR) is 251 cm³/mol. The van der Waals surface area contributed by atoms with Crippen molar-refractivity contribution in [3.05, 3.63) is 186 Å². The van der Waals surface area contributed by atoms with Gasteiger partial charge in [-0.2, -0.15) is 0 Å². The fourth-order valence-corrected chi connectivity index (χ4v) is 10.2. The Kier molecular flexibility index (Phi) is 7.81. The highest BCUT2D eigenvalue weighted by molar-refractivity contribution is 6.22.